The van der Waals surface area contributed by atoms with E-state index in [2.05, 4.69) is 10.6 Å². The number of para-hydroxylation sites is 1. The van der Waals surface area contributed by atoms with Crippen molar-refractivity contribution in [1.29, 1.82) is 0 Å². The highest BCUT2D eigenvalue weighted by atomic mass is 16.6. The van der Waals surface area contributed by atoms with E-state index in [1.165, 1.54) is 6.07 Å². The Balaban J connectivity index is 2.58. The fourth-order valence-electron chi connectivity index (χ4n) is 1.33. The van der Waals surface area contributed by atoms with Gasteiger partial charge in [0.05, 0.1) is 24.1 Å². The van der Waals surface area contributed by atoms with Gasteiger partial charge in [-0.25, -0.2) is 4.79 Å². The van der Waals surface area contributed by atoms with Gasteiger partial charge >= 0.3 is 6.03 Å². The molecule has 7 nitrogen and oxygen atoms in total. The molecule has 0 aliphatic carbocycles. The largest absolute Gasteiger partial charge is 0.394 e. The van der Waals surface area contributed by atoms with E-state index in [4.69, 9.17) is 5.11 Å². The fourth-order valence-corrected chi connectivity index (χ4v) is 1.33. The fraction of sp³-hybridized carbons (Fsp3) is 0.364. The molecule has 1 aromatic rings. The summed E-state index contributed by atoms with van der Waals surface area (Å²) in [5, 5.41) is 24.5. The highest BCUT2D eigenvalue weighted by Crippen LogP contribution is 2.16. The van der Waals surface area contributed by atoms with Gasteiger partial charge in [-0.2, -0.15) is 0 Å². The number of benzene rings is 1. The van der Waals surface area contributed by atoms with Crippen LogP contribution in [0, 0.1) is 10.1 Å². The molecule has 3 N–H and O–H groups in total. The minimum Gasteiger partial charge on any atom is -0.394 e. The van der Waals surface area contributed by atoms with E-state index in [1.54, 1.807) is 25.1 Å². The Morgan fingerprint density at radius 3 is 2.78 bits per heavy atom. The van der Waals surface area contributed by atoms with Gasteiger partial charge in [0, 0.05) is 11.6 Å². The number of nitro groups is 1. The smallest absolute Gasteiger partial charge is 0.315 e. The van der Waals surface area contributed by atoms with Crippen molar-refractivity contribution in [2.45, 2.75) is 19.5 Å². The lowest BCUT2D eigenvalue weighted by atomic mass is 10.2. The number of aliphatic hydroxyl groups excluding tert-OH is 1. The van der Waals surface area contributed by atoms with Crippen molar-refractivity contribution >= 4 is 11.7 Å². The SMILES string of the molecule is CC(CO)NC(=O)NCc1ccccc1[N+](=O)[O-]. The maximum Gasteiger partial charge on any atom is 0.315 e. The van der Waals surface area contributed by atoms with Crippen LogP contribution in [0.5, 0.6) is 0 Å². The number of rotatable bonds is 5. The van der Waals surface area contributed by atoms with Gasteiger partial charge in [-0.3, -0.25) is 10.1 Å². The van der Waals surface area contributed by atoms with Crippen LogP contribution in [-0.2, 0) is 6.54 Å². The number of carbonyl (C=O) groups excluding carboxylic acids is 1. The second-order valence-corrected chi connectivity index (χ2v) is 3.80. The Morgan fingerprint density at radius 1 is 1.50 bits per heavy atom. The molecule has 0 saturated heterocycles. The van der Waals surface area contributed by atoms with Crippen molar-refractivity contribution in [3.8, 4) is 0 Å². The van der Waals surface area contributed by atoms with Crippen LogP contribution >= 0.6 is 0 Å². The van der Waals surface area contributed by atoms with Crippen LogP contribution in [-0.4, -0.2) is 28.7 Å². The van der Waals surface area contributed by atoms with E-state index in [1.807, 2.05) is 0 Å². The molecule has 1 unspecified atom stereocenters. The summed E-state index contributed by atoms with van der Waals surface area (Å²) in [6, 6.07) is 5.35. The molecule has 0 aliphatic heterocycles. The number of nitrogens with one attached hydrogen (secondary N) is 2. The lowest BCUT2D eigenvalue weighted by molar-refractivity contribution is -0.385. The van der Waals surface area contributed by atoms with Crippen LogP contribution in [0.4, 0.5) is 10.5 Å². The highest BCUT2D eigenvalue weighted by molar-refractivity contribution is 5.74. The number of hydrogen-bond donors (Lipinski definition) is 3. The maximum absolute atomic E-state index is 11.4. The van der Waals surface area contributed by atoms with Gasteiger partial charge in [0.1, 0.15) is 0 Å². The Labute approximate surface area is 104 Å². The molecule has 18 heavy (non-hydrogen) atoms. The summed E-state index contributed by atoms with van der Waals surface area (Å²) in [6.45, 7) is 1.53. The molecular formula is C11H15N3O4. The Kier molecular flexibility index (Phi) is 5.06. The quantitative estimate of drug-likeness (QED) is 0.532. The van der Waals surface area contributed by atoms with Gasteiger partial charge in [-0.1, -0.05) is 18.2 Å². The molecule has 7 heteroatoms. The first-order valence-corrected chi connectivity index (χ1v) is 5.42. The summed E-state index contributed by atoms with van der Waals surface area (Å²) < 4.78 is 0. The van der Waals surface area contributed by atoms with Gasteiger partial charge in [-0.15, -0.1) is 0 Å². The van der Waals surface area contributed by atoms with E-state index < -0.39 is 11.0 Å². The number of amides is 2. The Bertz CT molecular complexity index is 436. The minimum atomic E-state index is -0.495. The number of nitro benzene ring substituents is 1. The zero-order valence-electron chi connectivity index (χ0n) is 9.92. The standard InChI is InChI=1S/C11H15N3O4/c1-8(7-15)13-11(16)12-6-9-4-2-3-5-10(9)14(17)18/h2-5,8,15H,6-7H2,1H3,(H2,12,13,16). The molecule has 1 rings (SSSR count). The number of urea groups is 1. The first-order valence-electron chi connectivity index (χ1n) is 5.42. The monoisotopic (exact) mass is 253 g/mol. The topological polar surface area (TPSA) is 104 Å². The summed E-state index contributed by atoms with van der Waals surface area (Å²) in [7, 11) is 0. The summed E-state index contributed by atoms with van der Waals surface area (Å²) in [5.41, 5.74) is 0.391. The molecular weight excluding hydrogens is 238 g/mol. The van der Waals surface area contributed by atoms with Gasteiger partial charge in [0.25, 0.3) is 5.69 Å². The summed E-state index contributed by atoms with van der Waals surface area (Å²) in [5.74, 6) is 0. The lowest BCUT2D eigenvalue weighted by Gasteiger charge is -2.11. The zero-order chi connectivity index (χ0) is 13.5. The van der Waals surface area contributed by atoms with Gasteiger partial charge < -0.3 is 15.7 Å². The lowest BCUT2D eigenvalue weighted by Crippen LogP contribution is -2.42. The van der Waals surface area contributed by atoms with Crippen molar-refractivity contribution in [2.24, 2.45) is 0 Å². The molecule has 2 amide bonds. The first kappa shape index (κ1) is 13.9. The number of carbonyl (C=O) groups is 1. The third-order valence-electron chi connectivity index (χ3n) is 2.28. The number of nitrogens with zero attached hydrogens (tertiary/aromatic N) is 1. The molecule has 0 aliphatic rings. The first-order chi connectivity index (χ1) is 8.54. The second kappa shape index (κ2) is 6.55. The van der Waals surface area contributed by atoms with E-state index in [9.17, 15) is 14.9 Å². The molecule has 0 saturated carbocycles. The van der Waals surface area contributed by atoms with E-state index in [-0.39, 0.29) is 24.9 Å². The molecule has 0 radical (unpaired) electrons. The third kappa shape index (κ3) is 4.02. The van der Waals surface area contributed by atoms with Gasteiger partial charge in [0.2, 0.25) is 0 Å². The molecule has 0 heterocycles. The predicted octanol–water partition coefficient (Wildman–Crippen LogP) is 0.775. The van der Waals surface area contributed by atoms with Crippen LogP contribution in [0.3, 0.4) is 0 Å². The van der Waals surface area contributed by atoms with Crippen LogP contribution in [0.2, 0.25) is 0 Å². The van der Waals surface area contributed by atoms with Gasteiger partial charge in [-0.05, 0) is 6.92 Å². The second-order valence-electron chi connectivity index (χ2n) is 3.80. The number of hydrogen-bond acceptors (Lipinski definition) is 4. The van der Waals surface area contributed by atoms with Crippen molar-refractivity contribution in [1.82, 2.24) is 10.6 Å². The van der Waals surface area contributed by atoms with Crippen LogP contribution in [0.15, 0.2) is 24.3 Å². The molecule has 1 aromatic carbocycles. The summed E-state index contributed by atoms with van der Waals surface area (Å²) in [4.78, 5) is 21.6. The van der Waals surface area contributed by atoms with Crippen LogP contribution in [0.25, 0.3) is 0 Å². The Morgan fingerprint density at radius 2 is 2.17 bits per heavy atom. The third-order valence-corrected chi connectivity index (χ3v) is 2.28. The molecule has 0 aromatic heterocycles. The van der Waals surface area contributed by atoms with Gasteiger partial charge in [0.15, 0.2) is 0 Å². The Hall–Kier alpha value is -2.15. The molecule has 0 bridgehead atoms. The van der Waals surface area contributed by atoms with Crippen molar-refractivity contribution in [2.75, 3.05) is 6.61 Å². The van der Waals surface area contributed by atoms with E-state index in [0.717, 1.165) is 0 Å². The molecule has 0 fully saturated rings. The average Bonchev–Trinajstić information content (AvgIpc) is 2.36. The van der Waals surface area contributed by atoms with Crippen molar-refractivity contribution in [3.63, 3.8) is 0 Å². The maximum atomic E-state index is 11.4. The minimum absolute atomic E-state index is 0.0343. The normalized spacial score (nSPS) is 11.7. The van der Waals surface area contributed by atoms with E-state index >= 15 is 0 Å². The average molecular weight is 253 g/mol. The number of aliphatic hydroxyl groups is 1. The molecule has 98 valence electrons. The van der Waals surface area contributed by atoms with Crippen LogP contribution in [0.1, 0.15) is 12.5 Å². The van der Waals surface area contributed by atoms with E-state index in [0.29, 0.717) is 5.56 Å². The van der Waals surface area contributed by atoms with Crippen LogP contribution < -0.4 is 10.6 Å². The van der Waals surface area contributed by atoms with Crippen molar-refractivity contribution < 1.29 is 14.8 Å². The predicted molar refractivity (Wildman–Crippen MR) is 65.0 cm³/mol. The van der Waals surface area contributed by atoms with Crippen molar-refractivity contribution in [3.05, 3.63) is 39.9 Å². The molecule has 1 atom stereocenters. The molecule has 0 spiro atoms. The summed E-state index contributed by atoms with van der Waals surface area (Å²) >= 11 is 0. The highest BCUT2D eigenvalue weighted by Gasteiger charge is 2.13. The zero-order valence-corrected chi connectivity index (χ0v) is 9.92. The summed E-state index contributed by atoms with van der Waals surface area (Å²) in [6.07, 6.45) is 0.